The second-order valence-corrected chi connectivity index (χ2v) is 5.99. The van der Waals surface area contributed by atoms with E-state index in [2.05, 4.69) is 0 Å². The van der Waals surface area contributed by atoms with Gasteiger partial charge in [-0.3, -0.25) is 4.79 Å². The number of allylic oxidation sites excluding steroid dienone is 2. The van der Waals surface area contributed by atoms with Crippen molar-refractivity contribution < 1.29 is 13.9 Å². The minimum Gasteiger partial charge on any atom is -0.289 e. The Balaban J connectivity index is 1.93. The van der Waals surface area contributed by atoms with Crippen molar-refractivity contribution in [3.8, 4) is 0 Å². The maximum absolute atomic E-state index is 12.8. The smallest absolute Gasteiger partial charge is 0.205 e. The Kier molecular flexibility index (Phi) is 4.47. The van der Waals surface area contributed by atoms with Gasteiger partial charge in [0.15, 0.2) is 18.2 Å². The van der Waals surface area contributed by atoms with Gasteiger partial charge < -0.3 is 0 Å². The van der Waals surface area contributed by atoms with E-state index in [1.54, 1.807) is 0 Å². The number of aromatic nitrogens is 2. The number of carbonyl (C=O) groups excluding carboxylic acids is 1. The van der Waals surface area contributed by atoms with Crippen LogP contribution in [-0.4, -0.2) is 5.78 Å². The number of rotatable bonds is 2. The highest BCUT2D eigenvalue weighted by molar-refractivity contribution is 6.13. The van der Waals surface area contributed by atoms with Crippen molar-refractivity contribution in [2.45, 2.75) is 19.3 Å². The summed E-state index contributed by atoms with van der Waals surface area (Å²) < 4.78 is 4.07. The maximum Gasteiger partial charge on any atom is 0.205 e. The highest BCUT2D eigenvalue weighted by Crippen LogP contribution is 2.27. The summed E-state index contributed by atoms with van der Waals surface area (Å²) >= 11 is 0. The molecule has 3 nitrogen and oxygen atoms in total. The number of carbonyl (C=O) groups is 1. The van der Waals surface area contributed by atoms with Crippen molar-refractivity contribution in [1.29, 1.82) is 0 Å². The van der Waals surface area contributed by atoms with Gasteiger partial charge in [-0.25, -0.2) is 9.13 Å². The Morgan fingerprint density at radius 2 is 1.30 bits per heavy atom. The van der Waals surface area contributed by atoms with E-state index in [1.165, 1.54) is 0 Å². The molecule has 0 aliphatic heterocycles. The van der Waals surface area contributed by atoms with Gasteiger partial charge in [0.25, 0.3) is 0 Å². The fraction of sp³-hybridized carbons (Fsp3) is 0.250. The van der Waals surface area contributed by atoms with Gasteiger partial charge in [-0.05, 0) is 31.4 Å². The zero-order valence-corrected chi connectivity index (χ0v) is 13.7. The molecule has 0 radical (unpaired) electrons. The summed E-state index contributed by atoms with van der Waals surface area (Å²) in [7, 11) is 4.00. The van der Waals surface area contributed by atoms with Crippen molar-refractivity contribution in [1.82, 2.24) is 0 Å². The summed E-state index contributed by atoms with van der Waals surface area (Å²) in [6, 6.07) is 12.1. The summed E-state index contributed by atoms with van der Waals surface area (Å²) in [5.41, 5.74) is 3.93. The number of aryl methyl sites for hydroxylation is 2. The van der Waals surface area contributed by atoms with E-state index in [1.807, 2.05) is 84.2 Å². The van der Waals surface area contributed by atoms with E-state index in [0.29, 0.717) is 0 Å². The Bertz CT molecular complexity index is 737. The molecule has 1 aliphatic carbocycles. The normalized spacial score (nSPS) is 18.6. The first kappa shape index (κ1) is 15.3. The van der Waals surface area contributed by atoms with E-state index < -0.39 is 0 Å². The van der Waals surface area contributed by atoms with Gasteiger partial charge in [0.05, 0.1) is 0 Å². The first-order valence-corrected chi connectivity index (χ1v) is 8.00. The van der Waals surface area contributed by atoms with Crippen LogP contribution >= 0.6 is 0 Å². The first-order chi connectivity index (χ1) is 11.1. The SMILES string of the molecule is C[n+]1ccccc1/C=C1\CCC/C(=C\c2cccc[n+]2C)C1=O. The standard InChI is InChI=1S/C20H22N2O/c1-21-12-5-3-10-18(21)14-16-8-7-9-17(20(16)23)15-19-11-4-6-13-22(19)2/h3-6,10-15H,7-9H2,1-2H3/q+2/b16-14+,17-15+. The topological polar surface area (TPSA) is 24.8 Å². The van der Waals surface area contributed by atoms with Crippen LogP contribution in [0.4, 0.5) is 0 Å². The summed E-state index contributed by atoms with van der Waals surface area (Å²) in [5, 5.41) is 0. The first-order valence-electron chi connectivity index (χ1n) is 8.00. The van der Waals surface area contributed by atoms with Crippen LogP contribution < -0.4 is 9.13 Å². The molecule has 3 heteroatoms. The van der Waals surface area contributed by atoms with E-state index in [0.717, 1.165) is 41.8 Å². The molecule has 0 saturated heterocycles. The lowest BCUT2D eigenvalue weighted by molar-refractivity contribution is -0.673. The predicted octanol–water partition coefficient (Wildman–Crippen LogP) is 2.56. The predicted molar refractivity (Wildman–Crippen MR) is 90.0 cm³/mol. The molecule has 2 heterocycles. The van der Waals surface area contributed by atoms with Crippen molar-refractivity contribution in [3.63, 3.8) is 0 Å². The third-order valence-electron chi connectivity index (χ3n) is 4.31. The fourth-order valence-corrected chi connectivity index (χ4v) is 2.91. The molecule has 1 saturated carbocycles. The number of pyridine rings is 2. The molecule has 23 heavy (non-hydrogen) atoms. The molecular weight excluding hydrogens is 284 g/mol. The monoisotopic (exact) mass is 306 g/mol. The maximum atomic E-state index is 12.8. The van der Waals surface area contributed by atoms with Gasteiger partial charge in [0.2, 0.25) is 11.4 Å². The van der Waals surface area contributed by atoms with Crippen LogP contribution in [0.5, 0.6) is 0 Å². The molecule has 0 spiro atoms. The summed E-state index contributed by atoms with van der Waals surface area (Å²) in [6.07, 6.45) is 10.8. The van der Waals surface area contributed by atoms with E-state index >= 15 is 0 Å². The molecule has 0 N–H and O–H groups in total. The molecule has 0 bridgehead atoms. The van der Waals surface area contributed by atoms with Gasteiger partial charge in [0.1, 0.15) is 14.1 Å². The Morgan fingerprint density at radius 3 is 1.74 bits per heavy atom. The number of hydrogen-bond donors (Lipinski definition) is 0. The van der Waals surface area contributed by atoms with E-state index in [9.17, 15) is 4.79 Å². The van der Waals surface area contributed by atoms with Gasteiger partial charge in [-0.1, -0.05) is 0 Å². The van der Waals surface area contributed by atoms with Crippen LogP contribution in [-0.2, 0) is 18.9 Å². The third kappa shape index (κ3) is 3.45. The van der Waals surface area contributed by atoms with Crippen LogP contribution in [0.25, 0.3) is 12.2 Å². The van der Waals surface area contributed by atoms with E-state index in [-0.39, 0.29) is 5.78 Å². The average molecular weight is 306 g/mol. The largest absolute Gasteiger partial charge is 0.289 e. The van der Waals surface area contributed by atoms with Crippen LogP contribution in [0.3, 0.4) is 0 Å². The molecule has 0 aromatic carbocycles. The zero-order valence-electron chi connectivity index (χ0n) is 13.7. The van der Waals surface area contributed by atoms with Gasteiger partial charge in [-0.2, -0.15) is 0 Å². The van der Waals surface area contributed by atoms with Crippen LogP contribution in [0.15, 0.2) is 59.9 Å². The highest BCUT2D eigenvalue weighted by atomic mass is 16.1. The Labute approximate surface area is 137 Å². The molecule has 0 atom stereocenters. The average Bonchev–Trinajstić information content (AvgIpc) is 2.55. The summed E-state index contributed by atoms with van der Waals surface area (Å²) in [5.74, 6) is 0.184. The summed E-state index contributed by atoms with van der Waals surface area (Å²) in [6.45, 7) is 0. The van der Waals surface area contributed by atoms with Gasteiger partial charge >= 0.3 is 0 Å². The van der Waals surface area contributed by atoms with Crippen molar-refractivity contribution in [2.75, 3.05) is 0 Å². The second kappa shape index (κ2) is 6.69. The van der Waals surface area contributed by atoms with Crippen molar-refractivity contribution >= 4 is 17.9 Å². The van der Waals surface area contributed by atoms with Crippen LogP contribution in [0.1, 0.15) is 30.7 Å². The Morgan fingerprint density at radius 1 is 0.826 bits per heavy atom. The van der Waals surface area contributed by atoms with Gasteiger partial charge in [0, 0.05) is 47.6 Å². The molecule has 116 valence electrons. The van der Waals surface area contributed by atoms with Crippen molar-refractivity contribution in [3.05, 3.63) is 71.3 Å². The molecule has 0 unspecified atom stereocenters. The number of Topliss-reactive ketones (excluding diaryl/α,β-unsaturated/α-hetero) is 1. The highest BCUT2D eigenvalue weighted by Gasteiger charge is 2.22. The fourth-order valence-electron chi connectivity index (χ4n) is 2.91. The molecule has 2 aromatic heterocycles. The third-order valence-corrected chi connectivity index (χ3v) is 4.31. The van der Waals surface area contributed by atoms with Gasteiger partial charge in [-0.15, -0.1) is 0 Å². The molecular formula is C20H22N2O+2. The number of ketones is 1. The van der Waals surface area contributed by atoms with Crippen LogP contribution in [0, 0.1) is 0 Å². The quantitative estimate of drug-likeness (QED) is 0.618. The minimum absolute atomic E-state index is 0.184. The van der Waals surface area contributed by atoms with Crippen LogP contribution in [0.2, 0.25) is 0 Å². The van der Waals surface area contributed by atoms with E-state index in [4.69, 9.17) is 0 Å². The minimum atomic E-state index is 0.184. The summed E-state index contributed by atoms with van der Waals surface area (Å²) in [4.78, 5) is 12.8. The molecule has 3 rings (SSSR count). The molecule has 1 fully saturated rings. The molecule has 2 aromatic rings. The lowest BCUT2D eigenvalue weighted by Crippen LogP contribution is -2.31. The lowest BCUT2D eigenvalue weighted by Gasteiger charge is -2.15. The zero-order chi connectivity index (χ0) is 16.2. The number of nitrogens with zero attached hydrogens (tertiary/aromatic N) is 2. The molecule has 1 aliphatic rings. The molecule has 0 amide bonds. The lowest BCUT2D eigenvalue weighted by atomic mass is 9.87. The van der Waals surface area contributed by atoms with Crippen molar-refractivity contribution in [2.24, 2.45) is 14.1 Å². The number of hydrogen-bond acceptors (Lipinski definition) is 1. The Hall–Kier alpha value is -2.55. The second-order valence-electron chi connectivity index (χ2n) is 5.99.